The molecule has 0 amide bonds. The van der Waals surface area contributed by atoms with Crippen molar-refractivity contribution >= 4 is 17.7 Å². The molecule has 0 aliphatic rings. The number of carbonyl (C=O) groups is 1. The SMILES string of the molecule is CC(C)(C)OCc1nnc(SCC(=O)O)n1N. The third-order valence-electron chi connectivity index (χ3n) is 1.69. The molecule has 0 bridgehead atoms. The Kier molecular flexibility index (Phi) is 4.35. The van der Waals surface area contributed by atoms with Gasteiger partial charge in [0.1, 0.15) is 6.61 Å². The molecule has 0 unspecified atom stereocenters. The Morgan fingerprint density at radius 1 is 1.53 bits per heavy atom. The van der Waals surface area contributed by atoms with Gasteiger partial charge in [0.2, 0.25) is 5.16 Å². The Labute approximate surface area is 103 Å². The largest absolute Gasteiger partial charge is 0.481 e. The summed E-state index contributed by atoms with van der Waals surface area (Å²) in [6.45, 7) is 6.00. The highest BCUT2D eigenvalue weighted by molar-refractivity contribution is 7.99. The van der Waals surface area contributed by atoms with Gasteiger partial charge in [-0.25, -0.2) is 4.68 Å². The van der Waals surface area contributed by atoms with Crippen molar-refractivity contribution in [2.24, 2.45) is 0 Å². The first kappa shape index (κ1) is 13.8. The third kappa shape index (κ3) is 4.61. The topological polar surface area (TPSA) is 103 Å². The van der Waals surface area contributed by atoms with Gasteiger partial charge in [0.25, 0.3) is 0 Å². The van der Waals surface area contributed by atoms with Gasteiger partial charge in [0.05, 0.1) is 11.4 Å². The zero-order valence-electron chi connectivity index (χ0n) is 10.0. The molecule has 0 aliphatic carbocycles. The van der Waals surface area contributed by atoms with Crippen molar-refractivity contribution < 1.29 is 14.6 Å². The average Bonchev–Trinajstić information content (AvgIpc) is 2.52. The van der Waals surface area contributed by atoms with E-state index in [-0.39, 0.29) is 18.0 Å². The highest BCUT2D eigenvalue weighted by Crippen LogP contribution is 2.16. The molecule has 7 nitrogen and oxygen atoms in total. The van der Waals surface area contributed by atoms with Crippen molar-refractivity contribution in [3.05, 3.63) is 5.82 Å². The molecule has 8 heteroatoms. The number of carboxylic acid groups (broad SMARTS) is 1. The highest BCUT2D eigenvalue weighted by atomic mass is 32.2. The van der Waals surface area contributed by atoms with Crippen molar-refractivity contribution in [3.63, 3.8) is 0 Å². The molecular formula is C9H16N4O3S. The van der Waals surface area contributed by atoms with Crippen LogP contribution in [0, 0.1) is 0 Å². The minimum atomic E-state index is -0.925. The van der Waals surface area contributed by atoms with Crippen LogP contribution in [-0.4, -0.2) is 37.3 Å². The third-order valence-corrected chi connectivity index (χ3v) is 2.62. The van der Waals surface area contributed by atoms with Crippen LogP contribution in [0.3, 0.4) is 0 Å². The van der Waals surface area contributed by atoms with Crippen LogP contribution in [0.4, 0.5) is 0 Å². The molecule has 0 aliphatic heterocycles. The van der Waals surface area contributed by atoms with E-state index in [2.05, 4.69) is 10.2 Å². The van der Waals surface area contributed by atoms with E-state index in [4.69, 9.17) is 15.7 Å². The second-order valence-corrected chi connectivity index (χ2v) is 5.29. The fraction of sp³-hybridized carbons (Fsp3) is 0.667. The summed E-state index contributed by atoms with van der Waals surface area (Å²) >= 11 is 1.02. The predicted octanol–water partition coefficient (Wildman–Crippen LogP) is 0.484. The number of aliphatic carboxylic acids is 1. The lowest BCUT2D eigenvalue weighted by Gasteiger charge is -2.18. The van der Waals surface area contributed by atoms with E-state index in [0.29, 0.717) is 11.0 Å². The average molecular weight is 260 g/mol. The van der Waals surface area contributed by atoms with Gasteiger partial charge in [0, 0.05) is 0 Å². The summed E-state index contributed by atoms with van der Waals surface area (Å²) in [4.78, 5) is 10.4. The van der Waals surface area contributed by atoms with Crippen molar-refractivity contribution in [3.8, 4) is 0 Å². The first-order valence-corrected chi connectivity index (χ1v) is 5.96. The van der Waals surface area contributed by atoms with Crippen molar-refractivity contribution in [1.29, 1.82) is 0 Å². The molecule has 1 heterocycles. The Morgan fingerprint density at radius 2 is 2.18 bits per heavy atom. The summed E-state index contributed by atoms with van der Waals surface area (Å²) in [6.07, 6.45) is 0. The molecule has 0 radical (unpaired) electrons. The van der Waals surface area contributed by atoms with Crippen LogP contribution in [-0.2, 0) is 16.1 Å². The summed E-state index contributed by atoms with van der Waals surface area (Å²) in [6, 6.07) is 0. The smallest absolute Gasteiger partial charge is 0.313 e. The molecule has 1 aromatic heterocycles. The molecule has 3 N–H and O–H groups in total. The lowest BCUT2D eigenvalue weighted by Crippen LogP contribution is -2.22. The number of nitrogens with zero attached hydrogens (tertiary/aromatic N) is 3. The number of thioether (sulfide) groups is 1. The van der Waals surface area contributed by atoms with Gasteiger partial charge in [-0.05, 0) is 20.8 Å². The Balaban J connectivity index is 2.61. The molecule has 0 aromatic carbocycles. The van der Waals surface area contributed by atoms with Crippen molar-refractivity contribution in [1.82, 2.24) is 14.9 Å². The lowest BCUT2D eigenvalue weighted by atomic mass is 10.2. The molecule has 17 heavy (non-hydrogen) atoms. The van der Waals surface area contributed by atoms with Crippen LogP contribution in [0.15, 0.2) is 5.16 Å². The minimum absolute atomic E-state index is 0.102. The molecule has 96 valence electrons. The summed E-state index contributed by atoms with van der Waals surface area (Å²) in [5.41, 5.74) is -0.291. The van der Waals surface area contributed by atoms with Crippen LogP contribution in [0.1, 0.15) is 26.6 Å². The maximum atomic E-state index is 10.4. The summed E-state index contributed by atoms with van der Waals surface area (Å²) in [5, 5.41) is 16.5. The van der Waals surface area contributed by atoms with E-state index in [9.17, 15) is 4.79 Å². The van der Waals surface area contributed by atoms with Crippen molar-refractivity contribution in [2.45, 2.75) is 38.1 Å². The molecule has 0 fully saturated rings. The second-order valence-electron chi connectivity index (χ2n) is 4.35. The predicted molar refractivity (Wildman–Crippen MR) is 63.1 cm³/mol. The Morgan fingerprint density at radius 3 is 2.71 bits per heavy atom. The fourth-order valence-corrected chi connectivity index (χ4v) is 1.51. The molecule has 0 saturated carbocycles. The lowest BCUT2D eigenvalue weighted by molar-refractivity contribution is -0.133. The second kappa shape index (κ2) is 5.37. The maximum absolute atomic E-state index is 10.4. The van der Waals surface area contributed by atoms with Gasteiger partial charge in [-0.3, -0.25) is 4.79 Å². The van der Waals surface area contributed by atoms with Crippen LogP contribution in [0.25, 0.3) is 0 Å². The van der Waals surface area contributed by atoms with Crippen LogP contribution >= 0.6 is 11.8 Å². The highest BCUT2D eigenvalue weighted by Gasteiger charge is 2.15. The van der Waals surface area contributed by atoms with E-state index in [1.165, 1.54) is 4.68 Å². The summed E-state index contributed by atoms with van der Waals surface area (Å²) in [5.74, 6) is 5.16. The summed E-state index contributed by atoms with van der Waals surface area (Å²) < 4.78 is 6.76. The molecule has 0 atom stereocenters. The number of carboxylic acids is 1. The molecular weight excluding hydrogens is 244 g/mol. The molecule has 0 saturated heterocycles. The number of nitrogens with two attached hydrogens (primary N) is 1. The Hall–Kier alpha value is -1.28. The Bertz CT molecular complexity index is 399. The quantitative estimate of drug-likeness (QED) is 0.586. The minimum Gasteiger partial charge on any atom is -0.481 e. The van der Waals surface area contributed by atoms with Gasteiger partial charge < -0.3 is 15.7 Å². The zero-order chi connectivity index (χ0) is 13.1. The van der Waals surface area contributed by atoms with Gasteiger partial charge in [-0.1, -0.05) is 11.8 Å². The number of ether oxygens (including phenoxy) is 1. The number of hydrogen-bond acceptors (Lipinski definition) is 6. The van der Waals surface area contributed by atoms with Crippen LogP contribution in [0.2, 0.25) is 0 Å². The van der Waals surface area contributed by atoms with Crippen molar-refractivity contribution in [2.75, 3.05) is 11.6 Å². The number of rotatable bonds is 5. The maximum Gasteiger partial charge on any atom is 0.313 e. The van der Waals surface area contributed by atoms with E-state index < -0.39 is 5.97 Å². The van der Waals surface area contributed by atoms with Gasteiger partial charge in [-0.2, -0.15) is 0 Å². The van der Waals surface area contributed by atoms with E-state index in [0.717, 1.165) is 11.8 Å². The van der Waals surface area contributed by atoms with E-state index in [1.807, 2.05) is 20.8 Å². The summed E-state index contributed by atoms with van der Waals surface area (Å²) in [7, 11) is 0. The van der Waals surface area contributed by atoms with Crippen LogP contribution in [0.5, 0.6) is 0 Å². The van der Waals surface area contributed by atoms with Gasteiger partial charge in [-0.15, -0.1) is 10.2 Å². The van der Waals surface area contributed by atoms with Gasteiger partial charge >= 0.3 is 5.97 Å². The monoisotopic (exact) mass is 260 g/mol. The van der Waals surface area contributed by atoms with Crippen LogP contribution < -0.4 is 5.84 Å². The van der Waals surface area contributed by atoms with E-state index in [1.54, 1.807) is 0 Å². The first-order chi connectivity index (χ1) is 7.79. The number of aromatic nitrogens is 3. The standard InChI is InChI=1S/C9H16N4O3S/c1-9(2,3)16-4-6-11-12-8(13(6)10)17-5-7(14)15/h4-5,10H2,1-3H3,(H,14,15). The van der Waals surface area contributed by atoms with Gasteiger partial charge in [0.15, 0.2) is 5.82 Å². The zero-order valence-corrected chi connectivity index (χ0v) is 10.8. The molecule has 1 rings (SSSR count). The first-order valence-electron chi connectivity index (χ1n) is 4.97. The number of nitrogen functional groups attached to an aromatic ring is 1. The molecule has 0 spiro atoms. The fourth-order valence-electron chi connectivity index (χ4n) is 0.911. The normalized spacial score (nSPS) is 11.7. The molecule has 1 aromatic rings. The number of hydrogen-bond donors (Lipinski definition) is 2. The van der Waals surface area contributed by atoms with E-state index >= 15 is 0 Å².